The average Bonchev–Trinajstić information content (AvgIpc) is 2.25. The number of nitriles is 1. The van der Waals surface area contributed by atoms with E-state index in [1.807, 2.05) is 6.07 Å². The lowest BCUT2D eigenvalue weighted by Crippen LogP contribution is -2.37. The summed E-state index contributed by atoms with van der Waals surface area (Å²) in [5.74, 6) is -0.500. The molecule has 0 N–H and O–H groups in total. The van der Waals surface area contributed by atoms with Gasteiger partial charge in [-0.1, -0.05) is 0 Å². The van der Waals surface area contributed by atoms with E-state index in [0.717, 1.165) is 16.4 Å². The van der Waals surface area contributed by atoms with Crippen molar-refractivity contribution in [1.29, 1.82) is 5.26 Å². The minimum Gasteiger partial charge on any atom is -0.207 e. The van der Waals surface area contributed by atoms with Gasteiger partial charge in [0.05, 0.1) is 11.0 Å². The van der Waals surface area contributed by atoms with Gasteiger partial charge in [-0.2, -0.15) is 9.57 Å². The molecule has 0 saturated carbocycles. The van der Waals surface area contributed by atoms with Crippen LogP contribution in [-0.2, 0) is 10.0 Å². The predicted octanol–water partition coefficient (Wildman–Crippen LogP) is 1.75. The lowest BCUT2D eigenvalue weighted by molar-refractivity contribution is 0.385. The van der Waals surface area contributed by atoms with Gasteiger partial charge in [-0.3, -0.25) is 0 Å². The zero-order valence-electron chi connectivity index (χ0n) is 9.59. The highest BCUT2D eigenvalue weighted by Crippen LogP contribution is 2.18. The van der Waals surface area contributed by atoms with Crippen LogP contribution in [0.15, 0.2) is 29.2 Å². The SMILES string of the molecule is CC(C)N(CC#N)S(=O)(=O)c1ccc(F)cc1. The van der Waals surface area contributed by atoms with Crippen molar-refractivity contribution in [1.82, 2.24) is 4.31 Å². The van der Waals surface area contributed by atoms with E-state index in [-0.39, 0.29) is 17.5 Å². The molecule has 0 unspecified atom stereocenters. The van der Waals surface area contributed by atoms with E-state index in [2.05, 4.69) is 0 Å². The van der Waals surface area contributed by atoms with Gasteiger partial charge in [0, 0.05) is 6.04 Å². The van der Waals surface area contributed by atoms with E-state index in [1.165, 1.54) is 12.1 Å². The van der Waals surface area contributed by atoms with Gasteiger partial charge in [0.1, 0.15) is 12.4 Å². The molecule has 0 atom stereocenters. The highest BCUT2D eigenvalue weighted by atomic mass is 32.2. The zero-order valence-corrected chi connectivity index (χ0v) is 10.4. The fraction of sp³-hybridized carbons (Fsp3) is 0.364. The second-order valence-electron chi connectivity index (χ2n) is 3.76. The Kier molecular flexibility index (Phi) is 4.21. The molecule has 4 nitrogen and oxygen atoms in total. The van der Waals surface area contributed by atoms with Crippen LogP contribution in [0.3, 0.4) is 0 Å². The van der Waals surface area contributed by atoms with Gasteiger partial charge in [0.15, 0.2) is 0 Å². The molecule has 0 fully saturated rings. The molecule has 0 amide bonds. The molecule has 1 aromatic carbocycles. The van der Waals surface area contributed by atoms with Gasteiger partial charge < -0.3 is 0 Å². The number of hydrogen-bond acceptors (Lipinski definition) is 3. The van der Waals surface area contributed by atoms with Gasteiger partial charge >= 0.3 is 0 Å². The number of nitrogens with zero attached hydrogens (tertiary/aromatic N) is 2. The third-order valence-corrected chi connectivity index (χ3v) is 4.26. The summed E-state index contributed by atoms with van der Waals surface area (Å²) in [6, 6.07) is 6.03. The first-order valence-electron chi connectivity index (χ1n) is 5.04. The van der Waals surface area contributed by atoms with Gasteiger partial charge in [0.25, 0.3) is 0 Å². The zero-order chi connectivity index (χ0) is 13.1. The van der Waals surface area contributed by atoms with E-state index in [9.17, 15) is 12.8 Å². The first-order valence-corrected chi connectivity index (χ1v) is 6.48. The van der Waals surface area contributed by atoms with Crippen LogP contribution >= 0.6 is 0 Å². The Labute approximate surface area is 100 Å². The first kappa shape index (κ1) is 13.6. The van der Waals surface area contributed by atoms with Crippen molar-refractivity contribution in [3.63, 3.8) is 0 Å². The highest BCUT2D eigenvalue weighted by Gasteiger charge is 2.26. The maximum Gasteiger partial charge on any atom is 0.244 e. The van der Waals surface area contributed by atoms with Gasteiger partial charge in [-0.05, 0) is 38.1 Å². The van der Waals surface area contributed by atoms with Crippen molar-refractivity contribution in [2.75, 3.05) is 6.54 Å². The molecule has 1 aromatic rings. The Morgan fingerprint density at radius 1 is 1.35 bits per heavy atom. The summed E-state index contributed by atoms with van der Waals surface area (Å²) in [6.07, 6.45) is 0. The monoisotopic (exact) mass is 256 g/mol. The molecule has 0 radical (unpaired) electrons. The Balaban J connectivity index is 3.17. The normalized spacial score (nSPS) is 11.8. The molecular weight excluding hydrogens is 243 g/mol. The van der Waals surface area contributed by atoms with Crippen LogP contribution < -0.4 is 0 Å². The lowest BCUT2D eigenvalue weighted by Gasteiger charge is -2.22. The number of hydrogen-bond donors (Lipinski definition) is 0. The van der Waals surface area contributed by atoms with Gasteiger partial charge in [0.2, 0.25) is 10.0 Å². The second-order valence-corrected chi connectivity index (χ2v) is 5.65. The van der Waals surface area contributed by atoms with Crippen LogP contribution in [-0.4, -0.2) is 25.3 Å². The van der Waals surface area contributed by atoms with Crippen LogP contribution in [0.5, 0.6) is 0 Å². The molecule has 0 spiro atoms. The second kappa shape index (κ2) is 5.25. The summed E-state index contributed by atoms with van der Waals surface area (Å²) < 4.78 is 38.0. The van der Waals surface area contributed by atoms with E-state index in [1.54, 1.807) is 13.8 Å². The Morgan fingerprint density at radius 3 is 2.29 bits per heavy atom. The molecule has 0 aromatic heterocycles. The number of halogens is 1. The smallest absolute Gasteiger partial charge is 0.207 e. The molecule has 0 aliphatic heterocycles. The first-order chi connectivity index (χ1) is 7.89. The van der Waals surface area contributed by atoms with Gasteiger partial charge in [-0.25, -0.2) is 12.8 Å². The van der Waals surface area contributed by atoms with Crippen molar-refractivity contribution in [3.8, 4) is 6.07 Å². The molecule has 1 rings (SSSR count). The summed E-state index contributed by atoms with van der Waals surface area (Å²) in [5.41, 5.74) is 0. The van der Waals surface area contributed by atoms with Crippen LogP contribution in [0.25, 0.3) is 0 Å². The maximum absolute atomic E-state index is 12.7. The third kappa shape index (κ3) is 3.02. The molecule has 17 heavy (non-hydrogen) atoms. The Hall–Kier alpha value is -1.45. The molecule has 0 heterocycles. The minimum atomic E-state index is -3.74. The molecule has 6 heteroatoms. The van der Waals surface area contributed by atoms with E-state index < -0.39 is 15.8 Å². The summed E-state index contributed by atoms with van der Waals surface area (Å²) in [7, 11) is -3.74. The molecule has 92 valence electrons. The Morgan fingerprint density at radius 2 is 1.88 bits per heavy atom. The van der Waals surface area contributed by atoms with Crippen molar-refractivity contribution in [2.45, 2.75) is 24.8 Å². The van der Waals surface area contributed by atoms with Crippen LogP contribution in [0.4, 0.5) is 4.39 Å². The van der Waals surface area contributed by atoms with Crippen LogP contribution in [0, 0.1) is 17.1 Å². The van der Waals surface area contributed by atoms with Crippen molar-refractivity contribution in [3.05, 3.63) is 30.1 Å². The largest absolute Gasteiger partial charge is 0.244 e. The number of sulfonamides is 1. The lowest BCUT2D eigenvalue weighted by atomic mass is 10.4. The van der Waals surface area contributed by atoms with E-state index in [4.69, 9.17) is 5.26 Å². The fourth-order valence-electron chi connectivity index (χ4n) is 1.36. The Bertz CT molecular complexity index is 517. The summed E-state index contributed by atoms with van der Waals surface area (Å²) >= 11 is 0. The number of benzene rings is 1. The van der Waals surface area contributed by atoms with Crippen LogP contribution in [0.2, 0.25) is 0 Å². The summed E-state index contributed by atoms with van der Waals surface area (Å²) in [6.45, 7) is 3.13. The quantitative estimate of drug-likeness (QED) is 0.771. The predicted molar refractivity (Wildman–Crippen MR) is 61.0 cm³/mol. The standard InChI is InChI=1S/C11H13FN2O2S/c1-9(2)14(8-7-13)17(15,16)11-5-3-10(12)4-6-11/h3-6,9H,8H2,1-2H3. The van der Waals surface area contributed by atoms with Crippen molar-refractivity contribution < 1.29 is 12.8 Å². The van der Waals surface area contributed by atoms with Crippen LogP contribution in [0.1, 0.15) is 13.8 Å². The average molecular weight is 256 g/mol. The van der Waals surface area contributed by atoms with Gasteiger partial charge in [-0.15, -0.1) is 0 Å². The molecule has 0 aliphatic carbocycles. The third-order valence-electron chi connectivity index (χ3n) is 2.22. The van der Waals surface area contributed by atoms with Crippen molar-refractivity contribution in [2.24, 2.45) is 0 Å². The maximum atomic E-state index is 12.7. The molecule has 0 aliphatic rings. The molecular formula is C11H13FN2O2S. The topological polar surface area (TPSA) is 61.2 Å². The van der Waals surface area contributed by atoms with E-state index in [0.29, 0.717) is 0 Å². The summed E-state index contributed by atoms with van der Waals surface area (Å²) in [5, 5.41) is 8.62. The number of rotatable bonds is 4. The minimum absolute atomic E-state index is 0.0112. The molecule has 0 bridgehead atoms. The van der Waals surface area contributed by atoms with E-state index >= 15 is 0 Å². The fourth-order valence-corrected chi connectivity index (χ4v) is 2.89. The molecule has 0 saturated heterocycles. The van der Waals surface area contributed by atoms with Crippen molar-refractivity contribution >= 4 is 10.0 Å². The highest BCUT2D eigenvalue weighted by molar-refractivity contribution is 7.89. The summed E-state index contributed by atoms with van der Waals surface area (Å²) in [4.78, 5) is -0.0112.